The molecule has 0 aliphatic carbocycles. The number of hydrogen-bond donors (Lipinski definition) is 2. The summed E-state index contributed by atoms with van der Waals surface area (Å²) in [5, 5.41) is 11.4. The fourth-order valence-corrected chi connectivity index (χ4v) is 4.37. The Bertz CT molecular complexity index is 1050. The third kappa shape index (κ3) is 4.07. The van der Waals surface area contributed by atoms with E-state index >= 15 is 0 Å². The number of aromatic nitrogens is 5. The summed E-state index contributed by atoms with van der Waals surface area (Å²) < 4.78 is 2.36. The lowest BCUT2D eigenvalue weighted by Gasteiger charge is -2.13. The molecule has 0 aromatic carbocycles. The van der Waals surface area contributed by atoms with Crippen molar-refractivity contribution in [2.45, 2.75) is 39.7 Å². The van der Waals surface area contributed by atoms with Gasteiger partial charge < -0.3 is 0 Å². The minimum absolute atomic E-state index is 0.0885. The maximum Gasteiger partial charge on any atom is 0.269 e. The highest BCUT2D eigenvalue weighted by Crippen LogP contribution is 2.32. The maximum absolute atomic E-state index is 12.6. The van der Waals surface area contributed by atoms with Gasteiger partial charge in [0, 0.05) is 12.0 Å². The Morgan fingerprint density at radius 1 is 1.44 bits per heavy atom. The number of aryl methyl sites for hydroxylation is 1. The van der Waals surface area contributed by atoms with Crippen molar-refractivity contribution in [2.75, 3.05) is 5.32 Å². The van der Waals surface area contributed by atoms with Gasteiger partial charge in [-0.15, -0.1) is 17.9 Å². The number of allylic oxidation sites excluding steroid dienone is 1. The van der Waals surface area contributed by atoms with Gasteiger partial charge in [0.05, 0.1) is 21.8 Å². The van der Waals surface area contributed by atoms with Crippen LogP contribution < -0.4 is 5.32 Å². The molecule has 3 heterocycles. The SMILES string of the molecule is C=CCn1c(-c2sc(NC(=O)c3cnc(C(C)(C)C)s3)nc2C)n[nH]c1=S. The minimum Gasteiger partial charge on any atom is -0.297 e. The molecule has 0 bridgehead atoms. The lowest BCUT2D eigenvalue weighted by molar-refractivity contribution is 0.103. The van der Waals surface area contributed by atoms with Gasteiger partial charge in [0.2, 0.25) is 0 Å². The van der Waals surface area contributed by atoms with Crippen molar-refractivity contribution in [1.29, 1.82) is 0 Å². The van der Waals surface area contributed by atoms with E-state index in [2.05, 4.69) is 52.8 Å². The summed E-state index contributed by atoms with van der Waals surface area (Å²) in [4.78, 5) is 22.8. The van der Waals surface area contributed by atoms with Crippen LogP contribution in [-0.2, 0) is 12.0 Å². The van der Waals surface area contributed by atoms with Gasteiger partial charge in [-0.1, -0.05) is 38.2 Å². The van der Waals surface area contributed by atoms with Crippen molar-refractivity contribution in [3.05, 3.63) is 39.2 Å². The van der Waals surface area contributed by atoms with E-state index in [1.165, 1.54) is 22.7 Å². The topological polar surface area (TPSA) is 88.5 Å². The van der Waals surface area contributed by atoms with Crippen molar-refractivity contribution in [1.82, 2.24) is 24.7 Å². The number of nitrogens with zero attached hydrogens (tertiary/aromatic N) is 4. The van der Waals surface area contributed by atoms with Gasteiger partial charge in [-0.2, -0.15) is 5.10 Å². The molecular formula is C17H20N6OS3. The van der Waals surface area contributed by atoms with Crippen molar-refractivity contribution >= 4 is 45.9 Å². The fourth-order valence-electron chi connectivity index (χ4n) is 2.33. The summed E-state index contributed by atoms with van der Waals surface area (Å²) in [6.45, 7) is 12.4. The fraction of sp³-hybridized carbons (Fsp3) is 0.353. The van der Waals surface area contributed by atoms with Gasteiger partial charge in [-0.3, -0.25) is 19.8 Å². The molecular weight excluding hydrogens is 400 g/mol. The van der Waals surface area contributed by atoms with Gasteiger partial charge in [0.25, 0.3) is 5.91 Å². The summed E-state index contributed by atoms with van der Waals surface area (Å²) in [7, 11) is 0. The Hall–Kier alpha value is -2.17. The molecule has 1 amide bonds. The molecule has 3 aromatic heterocycles. The Labute approximate surface area is 170 Å². The first-order valence-corrected chi connectivity index (χ1v) is 10.3. The van der Waals surface area contributed by atoms with Crippen LogP contribution in [0.1, 0.15) is 41.1 Å². The van der Waals surface area contributed by atoms with Crippen LogP contribution in [-0.4, -0.2) is 30.6 Å². The first-order valence-electron chi connectivity index (χ1n) is 8.22. The molecule has 0 fully saturated rings. The van der Waals surface area contributed by atoms with E-state index in [-0.39, 0.29) is 11.3 Å². The average Bonchev–Trinajstić information content (AvgIpc) is 3.28. The monoisotopic (exact) mass is 420 g/mol. The molecule has 0 unspecified atom stereocenters. The lowest BCUT2D eigenvalue weighted by Crippen LogP contribution is -2.10. The average molecular weight is 421 g/mol. The van der Waals surface area contributed by atoms with E-state index in [9.17, 15) is 4.79 Å². The largest absolute Gasteiger partial charge is 0.297 e. The second-order valence-electron chi connectivity index (χ2n) is 6.92. The van der Waals surface area contributed by atoms with E-state index in [0.717, 1.165) is 15.6 Å². The molecule has 10 heteroatoms. The molecule has 0 saturated carbocycles. The standard InChI is InChI=1S/C17H20N6OS3/c1-6-7-23-12(21-22-16(23)25)11-9(2)19-15(27-11)20-13(24)10-8-18-14(26-10)17(3,4)5/h6,8H,1,7H2,2-5H3,(H,22,25)(H,19,20,24). The number of nitrogens with one attached hydrogen (secondary N) is 2. The molecule has 2 N–H and O–H groups in total. The number of thiazole rings is 2. The Balaban J connectivity index is 1.85. The van der Waals surface area contributed by atoms with Crippen LogP contribution >= 0.6 is 34.9 Å². The van der Waals surface area contributed by atoms with Gasteiger partial charge in [0.1, 0.15) is 4.88 Å². The summed E-state index contributed by atoms with van der Waals surface area (Å²) >= 11 is 8.01. The predicted molar refractivity (Wildman–Crippen MR) is 112 cm³/mol. The first-order chi connectivity index (χ1) is 12.7. The van der Waals surface area contributed by atoms with Crippen LogP contribution in [0, 0.1) is 11.7 Å². The summed E-state index contributed by atoms with van der Waals surface area (Å²) in [5.41, 5.74) is 0.684. The summed E-state index contributed by atoms with van der Waals surface area (Å²) in [6.07, 6.45) is 3.36. The van der Waals surface area contributed by atoms with Gasteiger partial charge in [-0.25, -0.2) is 9.97 Å². The molecule has 0 radical (unpaired) electrons. The number of rotatable bonds is 5. The van der Waals surface area contributed by atoms with Crippen LogP contribution in [0.2, 0.25) is 0 Å². The number of carbonyl (C=O) groups excluding carboxylic acids is 1. The molecule has 0 aliphatic rings. The van der Waals surface area contributed by atoms with E-state index in [0.29, 0.717) is 27.1 Å². The second kappa shape index (κ2) is 7.45. The van der Waals surface area contributed by atoms with Crippen LogP contribution in [0.25, 0.3) is 10.7 Å². The second-order valence-corrected chi connectivity index (χ2v) is 9.34. The number of carbonyl (C=O) groups is 1. The quantitative estimate of drug-likeness (QED) is 0.466. The Morgan fingerprint density at radius 2 is 2.19 bits per heavy atom. The van der Waals surface area contributed by atoms with Gasteiger partial charge in [0.15, 0.2) is 15.7 Å². The zero-order valence-corrected chi connectivity index (χ0v) is 17.9. The molecule has 3 rings (SSSR count). The zero-order chi connectivity index (χ0) is 19.8. The van der Waals surface area contributed by atoms with E-state index in [1.807, 2.05) is 11.5 Å². The molecule has 0 saturated heterocycles. The first kappa shape index (κ1) is 19.6. The predicted octanol–water partition coefficient (Wildman–Crippen LogP) is 4.56. The summed E-state index contributed by atoms with van der Waals surface area (Å²) in [5.74, 6) is 0.469. The Morgan fingerprint density at radius 3 is 2.81 bits per heavy atom. The number of anilines is 1. The Kier molecular flexibility index (Phi) is 5.41. The molecule has 0 atom stereocenters. The van der Waals surface area contributed by atoms with Gasteiger partial charge in [-0.05, 0) is 19.1 Å². The highest BCUT2D eigenvalue weighted by Gasteiger charge is 2.22. The number of aromatic amines is 1. The highest BCUT2D eigenvalue weighted by molar-refractivity contribution is 7.71. The molecule has 0 spiro atoms. The smallest absolute Gasteiger partial charge is 0.269 e. The highest BCUT2D eigenvalue weighted by atomic mass is 32.1. The van der Waals surface area contributed by atoms with Crippen LogP contribution in [0.4, 0.5) is 5.13 Å². The van der Waals surface area contributed by atoms with Crippen molar-refractivity contribution < 1.29 is 4.79 Å². The van der Waals surface area contributed by atoms with Crippen molar-refractivity contribution in [3.63, 3.8) is 0 Å². The molecule has 27 heavy (non-hydrogen) atoms. The minimum atomic E-state index is -0.215. The molecule has 142 valence electrons. The van der Waals surface area contributed by atoms with Crippen molar-refractivity contribution in [3.8, 4) is 10.7 Å². The maximum atomic E-state index is 12.6. The van der Waals surface area contributed by atoms with Crippen LogP contribution in [0.3, 0.4) is 0 Å². The summed E-state index contributed by atoms with van der Waals surface area (Å²) in [6, 6.07) is 0. The van der Waals surface area contributed by atoms with E-state index < -0.39 is 0 Å². The van der Waals surface area contributed by atoms with E-state index in [4.69, 9.17) is 12.2 Å². The van der Waals surface area contributed by atoms with Crippen LogP contribution in [0.5, 0.6) is 0 Å². The molecule has 7 nitrogen and oxygen atoms in total. The molecule has 3 aromatic rings. The number of H-pyrrole nitrogens is 1. The van der Waals surface area contributed by atoms with E-state index in [1.54, 1.807) is 12.3 Å². The third-order valence-corrected chi connectivity index (χ3v) is 6.46. The van der Waals surface area contributed by atoms with Crippen LogP contribution in [0.15, 0.2) is 18.9 Å². The third-order valence-electron chi connectivity index (χ3n) is 3.66. The zero-order valence-electron chi connectivity index (χ0n) is 15.5. The molecule has 0 aliphatic heterocycles. The number of amides is 1. The number of hydrogen-bond acceptors (Lipinski definition) is 7. The van der Waals surface area contributed by atoms with Crippen molar-refractivity contribution in [2.24, 2.45) is 0 Å². The lowest BCUT2D eigenvalue weighted by atomic mass is 9.98. The normalized spacial score (nSPS) is 11.6. The van der Waals surface area contributed by atoms with Gasteiger partial charge >= 0.3 is 0 Å².